The highest BCUT2D eigenvalue weighted by Gasteiger charge is 2.20. The van der Waals surface area contributed by atoms with Crippen molar-refractivity contribution in [2.24, 2.45) is 4.99 Å². The van der Waals surface area contributed by atoms with Crippen molar-refractivity contribution in [3.8, 4) is 0 Å². The lowest BCUT2D eigenvalue weighted by atomic mass is 10.1. The van der Waals surface area contributed by atoms with Gasteiger partial charge in [-0.05, 0) is 30.2 Å². The van der Waals surface area contributed by atoms with Crippen molar-refractivity contribution in [2.75, 3.05) is 39.3 Å². The second-order valence-electron chi connectivity index (χ2n) is 6.74. The zero-order valence-corrected chi connectivity index (χ0v) is 16.0. The molecular weight excluding hydrogens is 338 g/mol. The molecule has 1 unspecified atom stereocenters. The number of aliphatic imine (C=N–C) groups is 1. The van der Waals surface area contributed by atoms with Crippen LogP contribution in [0.25, 0.3) is 0 Å². The maximum atomic E-state index is 10.4. The van der Waals surface area contributed by atoms with Crippen molar-refractivity contribution in [3.63, 3.8) is 0 Å². The Morgan fingerprint density at radius 3 is 2.48 bits per heavy atom. The number of nitrogens with one attached hydrogen (secondary N) is 1. The fraction of sp³-hybridized carbons (Fsp3) is 0.429. The second-order valence-corrected chi connectivity index (χ2v) is 6.74. The van der Waals surface area contributed by atoms with E-state index in [0.29, 0.717) is 6.54 Å². The topological polar surface area (TPSA) is 64.0 Å². The molecule has 0 bridgehead atoms. The lowest BCUT2D eigenvalue weighted by molar-refractivity contribution is 0.169. The van der Waals surface area contributed by atoms with Gasteiger partial charge in [0, 0.05) is 51.7 Å². The summed E-state index contributed by atoms with van der Waals surface area (Å²) in [4.78, 5) is 13.4. The summed E-state index contributed by atoms with van der Waals surface area (Å²) in [5, 5.41) is 13.7. The third-order valence-electron chi connectivity index (χ3n) is 4.76. The van der Waals surface area contributed by atoms with Gasteiger partial charge in [0.1, 0.15) is 0 Å². The zero-order chi connectivity index (χ0) is 18.9. The van der Waals surface area contributed by atoms with Gasteiger partial charge in [-0.1, -0.05) is 30.3 Å². The minimum Gasteiger partial charge on any atom is -0.386 e. The van der Waals surface area contributed by atoms with Crippen LogP contribution in [0.4, 0.5) is 0 Å². The summed E-state index contributed by atoms with van der Waals surface area (Å²) in [6.45, 7) is 8.10. The third-order valence-corrected chi connectivity index (χ3v) is 4.76. The van der Waals surface area contributed by atoms with Gasteiger partial charge >= 0.3 is 0 Å². The van der Waals surface area contributed by atoms with Gasteiger partial charge in [0.05, 0.1) is 12.6 Å². The van der Waals surface area contributed by atoms with Crippen LogP contribution in [0.15, 0.2) is 59.9 Å². The number of nitrogens with zero attached hydrogens (tertiary/aromatic N) is 4. The van der Waals surface area contributed by atoms with Crippen LogP contribution in [0.1, 0.15) is 24.2 Å². The van der Waals surface area contributed by atoms with Crippen LogP contribution in [-0.2, 0) is 6.54 Å². The predicted octanol–water partition coefficient (Wildman–Crippen LogP) is 1.90. The number of pyridine rings is 1. The summed E-state index contributed by atoms with van der Waals surface area (Å²) in [5.74, 6) is 0.880. The highest BCUT2D eigenvalue weighted by molar-refractivity contribution is 5.80. The Morgan fingerprint density at radius 2 is 1.81 bits per heavy atom. The first-order chi connectivity index (χ1) is 13.3. The monoisotopic (exact) mass is 367 g/mol. The maximum absolute atomic E-state index is 10.4. The molecule has 1 aliphatic heterocycles. The molecule has 0 spiro atoms. The molecule has 0 radical (unpaired) electrons. The van der Waals surface area contributed by atoms with Gasteiger partial charge in [-0.15, -0.1) is 0 Å². The van der Waals surface area contributed by atoms with Crippen LogP contribution >= 0.6 is 0 Å². The molecule has 27 heavy (non-hydrogen) atoms. The van der Waals surface area contributed by atoms with Crippen molar-refractivity contribution in [3.05, 3.63) is 66.0 Å². The Labute approximate surface area is 161 Å². The fourth-order valence-electron chi connectivity index (χ4n) is 3.25. The molecule has 3 rings (SSSR count). The Bertz CT molecular complexity index is 699. The summed E-state index contributed by atoms with van der Waals surface area (Å²) < 4.78 is 0. The fourth-order valence-corrected chi connectivity index (χ4v) is 3.25. The predicted molar refractivity (Wildman–Crippen MR) is 108 cm³/mol. The van der Waals surface area contributed by atoms with Crippen LogP contribution in [0.3, 0.4) is 0 Å². The Morgan fingerprint density at radius 1 is 1.11 bits per heavy atom. The quantitative estimate of drug-likeness (QED) is 0.603. The van der Waals surface area contributed by atoms with Crippen molar-refractivity contribution in [1.82, 2.24) is 20.1 Å². The molecule has 144 valence electrons. The SMILES string of the molecule is CCNC(=NCC(O)c1ccncc1)N1CCN(Cc2ccccc2)CC1. The van der Waals surface area contributed by atoms with Gasteiger partial charge in [0.2, 0.25) is 0 Å². The second kappa shape index (κ2) is 10.0. The molecule has 1 aliphatic rings. The van der Waals surface area contributed by atoms with Crippen LogP contribution in [0.5, 0.6) is 0 Å². The normalized spacial score (nSPS) is 17.0. The number of guanidine groups is 1. The summed E-state index contributed by atoms with van der Waals surface area (Å²) in [6, 6.07) is 14.3. The summed E-state index contributed by atoms with van der Waals surface area (Å²) >= 11 is 0. The standard InChI is InChI=1S/C21H29N5O/c1-2-23-21(24-16-20(27)19-8-10-22-11-9-19)26-14-12-25(13-15-26)17-18-6-4-3-5-7-18/h3-11,20,27H,2,12-17H2,1H3,(H,23,24). The van der Waals surface area contributed by atoms with E-state index in [9.17, 15) is 5.11 Å². The highest BCUT2D eigenvalue weighted by Crippen LogP contribution is 2.12. The average molecular weight is 367 g/mol. The summed E-state index contributed by atoms with van der Waals surface area (Å²) in [5.41, 5.74) is 2.20. The molecule has 6 heteroatoms. The van der Waals surface area contributed by atoms with Gasteiger partial charge in [0.25, 0.3) is 0 Å². The van der Waals surface area contributed by atoms with Crippen molar-refractivity contribution in [1.29, 1.82) is 0 Å². The molecule has 1 aromatic carbocycles. The number of piperazine rings is 1. The molecule has 1 fully saturated rings. The highest BCUT2D eigenvalue weighted by atomic mass is 16.3. The number of benzene rings is 1. The van der Waals surface area contributed by atoms with Crippen LogP contribution in [0.2, 0.25) is 0 Å². The molecule has 1 atom stereocenters. The smallest absolute Gasteiger partial charge is 0.194 e. The van der Waals surface area contributed by atoms with Crippen LogP contribution in [0, 0.1) is 0 Å². The van der Waals surface area contributed by atoms with Gasteiger partial charge in [0.15, 0.2) is 5.96 Å². The van der Waals surface area contributed by atoms with Crippen molar-refractivity contribution < 1.29 is 5.11 Å². The zero-order valence-electron chi connectivity index (χ0n) is 16.0. The Kier molecular flexibility index (Phi) is 7.19. The Balaban J connectivity index is 1.54. The minimum atomic E-state index is -0.610. The molecule has 2 N–H and O–H groups in total. The first-order valence-electron chi connectivity index (χ1n) is 9.64. The minimum absolute atomic E-state index is 0.344. The molecule has 1 saturated heterocycles. The van der Waals surface area contributed by atoms with Crippen molar-refractivity contribution >= 4 is 5.96 Å². The molecule has 0 saturated carbocycles. The summed E-state index contributed by atoms with van der Waals surface area (Å²) in [7, 11) is 0. The Hall–Kier alpha value is -2.44. The maximum Gasteiger partial charge on any atom is 0.194 e. The number of aliphatic hydroxyl groups is 1. The summed E-state index contributed by atoms with van der Waals surface area (Å²) in [6.07, 6.45) is 2.78. The third kappa shape index (κ3) is 5.77. The van der Waals surface area contributed by atoms with Crippen LogP contribution in [-0.4, -0.2) is 65.1 Å². The van der Waals surface area contributed by atoms with E-state index in [1.165, 1.54) is 5.56 Å². The van der Waals surface area contributed by atoms with Crippen molar-refractivity contribution in [2.45, 2.75) is 19.6 Å². The molecule has 6 nitrogen and oxygen atoms in total. The lowest BCUT2D eigenvalue weighted by Gasteiger charge is -2.36. The molecule has 0 amide bonds. The van der Waals surface area contributed by atoms with E-state index in [0.717, 1.165) is 50.8 Å². The van der Waals surface area contributed by atoms with E-state index in [4.69, 9.17) is 0 Å². The molecule has 2 heterocycles. The number of rotatable bonds is 6. The lowest BCUT2D eigenvalue weighted by Crippen LogP contribution is -2.52. The van der Waals surface area contributed by atoms with E-state index < -0.39 is 6.10 Å². The first-order valence-corrected chi connectivity index (χ1v) is 9.64. The number of hydrogen-bond acceptors (Lipinski definition) is 4. The number of hydrogen-bond donors (Lipinski definition) is 2. The van der Waals surface area contributed by atoms with E-state index >= 15 is 0 Å². The number of aliphatic hydroxyl groups excluding tert-OH is 1. The van der Waals surface area contributed by atoms with Crippen LogP contribution < -0.4 is 5.32 Å². The number of aromatic nitrogens is 1. The molecule has 2 aromatic rings. The van der Waals surface area contributed by atoms with Gasteiger partial charge in [-0.2, -0.15) is 0 Å². The van der Waals surface area contributed by atoms with Gasteiger partial charge < -0.3 is 15.3 Å². The largest absolute Gasteiger partial charge is 0.386 e. The van der Waals surface area contributed by atoms with Gasteiger partial charge in [-0.3, -0.25) is 14.9 Å². The molecular formula is C21H29N5O. The molecule has 1 aromatic heterocycles. The van der Waals surface area contributed by atoms with E-state index in [1.807, 2.05) is 12.1 Å². The average Bonchev–Trinajstić information content (AvgIpc) is 2.73. The molecule has 0 aliphatic carbocycles. The van der Waals surface area contributed by atoms with E-state index in [2.05, 4.69) is 62.3 Å². The first kappa shape index (κ1) is 19.3. The van der Waals surface area contributed by atoms with E-state index in [-0.39, 0.29) is 0 Å². The van der Waals surface area contributed by atoms with E-state index in [1.54, 1.807) is 12.4 Å². The van der Waals surface area contributed by atoms with Gasteiger partial charge in [-0.25, -0.2) is 0 Å².